The molecule has 0 aromatic heterocycles. The summed E-state index contributed by atoms with van der Waals surface area (Å²) < 4.78 is 57.7. The van der Waals surface area contributed by atoms with E-state index in [-0.39, 0.29) is 12.5 Å². The van der Waals surface area contributed by atoms with Crippen molar-refractivity contribution in [3.8, 4) is 5.75 Å². The summed E-state index contributed by atoms with van der Waals surface area (Å²) in [7, 11) is 0. The molecule has 158 valence electrons. The van der Waals surface area contributed by atoms with E-state index in [1.807, 2.05) is 0 Å². The summed E-state index contributed by atoms with van der Waals surface area (Å²) in [6.45, 7) is 0. The summed E-state index contributed by atoms with van der Waals surface area (Å²) in [5.74, 6) is -7.96. The van der Waals surface area contributed by atoms with Gasteiger partial charge in [-0.3, -0.25) is 4.79 Å². The van der Waals surface area contributed by atoms with Crippen LogP contribution in [0.2, 0.25) is 0 Å². The fourth-order valence-electron chi connectivity index (χ4n) is 3.87. The zero-order valence-electron chi connectivity index (χ0n) is 16.4. The first-order valence-corrected chi connectivity index (χ1v) is 10.5. The minimum Gasteiger partial charge on any atom is -0.420 e. The molecule has 0 aliphatic heterocycles. The second-order valence-electron chi connectivity index (χ2n) is 7.79. The van der Waals surface area contributed by atoms with Gasteiger partial charge in [0, 0.05) is 12.5 Å². The first-order chi connectivity index (χ1) is 13.5. The van der Waals surface area contributed by atoms with E-state index in [0.29, 0.717) is 6.42 Å². The lowest BCUT2D eigenvalue weighted by atomic mass is 9.91. The van der Waals surface area contributed by atoms with Crippen molar-refractivity contribution in [3.05, 3.63) is 29.3 Å². The van der Waals surface area contributed by atoms with E-state index in [9.17, 15) is 22.4 Å². The Morgan fingerprint density at radius 2 is 1.36 bits per heavy atom. The van der Waals surface area contributed by atoms with E-state index in [0.717, 1.165) is 25.2 Å². The summed E-state index contributed by atoms with van der Waals surface area (Å²) in [5, 5.41) is 0. The SMILES string of the molecule is O=C(CCCCCCC1CCCCCCCC1)Oc1c(F)c(F)cc(F)c1F. The van der Waals surface area contributed by atoms with Crippen LogP contribution in [0.15, 0.2) is 6.07 Å². The summed E-state index contributed by atoms with van der Waals surface area (Å²) in [4.78, 5) is 11.7. The maximum Gasteiger partial charge on any atom is 0.311 e. The van der Waals surface area contributed by atoms with Gasteiger partial charge in [0.15, 0.2) is 11.6 Å². The molecule has 2 rings (SSSR count). The van der Waals surface area contributed by atoms with E-state index >= 15 is 0 Å². The van der Waals surface area contributed by atoms with E-state index in [4.69, 9.17) is 0 Å². The third-order valence-electron chi connectivity index (χ3n) is 5.51. The van der Waals surface area contributed by atoms with Gasteiger partial charge in [-0.2, -0.15) is 8.78 Å². The first kappa shape index (κ1) is 22.7. The van der Waals surface area contributed by atoms with Gasteiger partial charge in [0.05, 0.1) is 0 Å². The van der Waals surface area contributed by atoms with Gasteiger partial charge in [-0.1, -0.05) is 77.0 Å². The van der Waals surface area contributed by atoms with Gasteiger partial charge in [0.25, 0.3) is 0 Å². The lowest BCUT2D eigenvalue weighted by molar-refractivity contribution is -0.135. The minimum absolute atomic E-state index is 0.0412. The maximum absolute atomic E-state index is 13.5. The Kier molecular flexibility index (Phi) is 9.79. The van der Waals surface area contributed by atoms with Crippen molar-refractivity contribution in [3.63, 3.8) is 0 Å². The molecule has 0 saturated heterocycles. The average molecular weight is 402 g/mol. The third-order valence-corrected chi connectivity index (χ3v) is 5.51. The summed E-state index contributed by atoms with van der Waals surface area (Å²) in [5.41, 5.74) is 0. The van der Waals surface area contributed by atoms with Crippen molar-refractivity contribution < 1.29 is 27.1 Å². The lowest BCUT2D eigenvalue weighted by Crippen LogP contribution is -2.11. The number of carbonyl (C=O) groups is 1. The van der Waals surface area contributed by atoms with E-state index < -0.39 is 35.0 Å². The van der Waals surface area contributed by atoms with Crippen LogP contribution in [0.1, 0.15) is 89.9 Å². The molecule has 2 nitrogen and oxygen atoms in total. The predicted molar refractivity (Wildman–Crippen MR) is 100 cm³/mol. The van der Waals surface area contributed by atoms with Crippen molar-refractivity contribution in [1.29, 1.82) is 0 Å². The molecular weight excluding hydrogens is 372 g/mol. The molecule has 0 atom stereocenters. The van der Waals surface area contributed by atoms with Gasteiger partial charge in [-0.15, -0.1) is 0 Å². The molecule has 1 aliphatic carbocycles. The zero-order chi connectivity index (χ0) is 20.4. The molecule has 1 aliphatic rings. The highest BCUT2D eigenvalue weighted by Crippen LogP contribution is 2.28. The average Bonchev–Trinajstić information content (AvgIpc) is 2.80. The van der Waals surface area contributed by atoms with Crippen LogP contribution in [0.25, 0.3) is 0 Å². The highest BCUT2D eigenvalue weighted by molar-refractivity contribution is 5.72. The number of hydrogen-bond donors (Lipinski definition) is 0. The molecule has 0 heterocycles. The van der Waals surface area contributed by atoms with Gasteiger partial charge in [0.1, 0.15) is 0 Å². The summed E-state index contributed by atoms with van der Waals surface area (Å²) in [6.07, 6.45) is 15.3. The van der Waals surface area contributed by atoms with Crippen LogP contribution >= 0.6 is 0 Å². The van der Waals surface area contributed by atoms with Crippen molar-refractivity contribution in [2.24, 2.45) is 5.92 Å². The standard InChI is InChI=1S/C22H30F4O2/c23-17-15-18(24)21(26)22(20(17)25)28-19(27)14-10-6-5-9-13-16-11-7-3-1-2-4-8-12-16/h15-16H,1-14H2. The van der Waals surface area contributed by atoms with Crippen molar-refractivity contribution in [1.82, 2.24) is 0 Å². The smallest absolute Gasteiger partial charge is 0.311 e. The van der Waals surface area contributed by atoms with Gasteiger partial charge >= 0.3 is 5.97 Å². The Labute approximate surface area is 164 Å². The van der Waals surface area contributed by atoms with Crippen LogP contribution < -0.4 is 4.74 Å². The number of hydrogen-bond acceptors (Lipinski definition) is 2. The van der Waals surface area contributed by atoms with Gasteiger partial charge < -0.3 is 4.74 Å². The highest BCUT2D eigenvalue weighted by atomic mass is 19.2. The lowest BCUT2D eigenvalue weighted by Gasteiger charge is -2.15. The topological polar surface area (TPSA) is 26.3 Å². The molecule has 0 bridgehead atoms. The van der Waals surface area contributed by atoms with Crippen LogP contribution in [0, 0.1) is 29.2 Å². The Hall–Kier alpha value is -1.59. The summed E-state index contributed by atoms with van der Waals surface area (Å²) in [6, 6.07) is 0.0831. The van der Waals surface area contributed by atoms with Crippen LogP contribution in [-0.4, -0.2) is 5.97 Å². The molecule has 0 amide bonds. The maximum atomic E-state index is 13.5. The normalized spacial score (nSPS) is 16.3. The molecule has 0 unspecified atom stereocenters. The van der Waals surface area contributed by atoms with Crippen LogP contribution in [0.5, 0.6) is 5.75 Å². The number of rotatable bonds is 8. The quantitative estimate of drug-likeness (QED) is 0.151. The summed E-state index contributed by atoms with van der Waals surface area (Å²) >= 11 is 0. The molecule has 0 radical (unpaired) electrons. The molecular formula is C22H30F4O2. The zero-order valence-corrected chi connectivity index (χ0v) is 16.4. The monoisotopic (exact) mass is 402 g/mol. The molecule has 1 aromatic rings. The second kappa shape index (κ2) is 12.1. The predicted octanol–water partition coefficient (Wildman–Crippen LogP) is 7.24. The number of carbonyl (C=O) groups excluding carboxylic acids is 1. The fourth-order valence-corrected chi connectivity index (χ4v) is 3.87. The van der Waals surface area contributed by atoms with Crippen LogP contribution in [0.3, 0.4) is 0 Å². The van der Waals surface area contributed by atoms with E-state index in [2.05, 4.69) is 4.74 Å². The third kappa shape index (κ3) is 7.44. The Bertz CT molecular complexity index is 597. The Morgan fingerprint density at radius 3 is 1.96 bits per heavy atom. The first-order valence-electron chi connectivity index (χ1n) is 10.5. The molecule has 1 saturated carbocycles. The van der Waals surface area contributed by atoms with Crippen LogP contribution in [0.4, 0.5) is 17.6 Å². The molecule has 1 aromatic carbocycles. The largest absolute Gasteiger partial charge is 0.420 e. The number of esters is 1. The van der Waals surface area contributed by atoms with Crippen LogP contribution in [-0.2, 0) is 4.79 Å². The fraction of sp³-hybridized carbons (Fsp3) is 0.682. The number of benzene rings is 1. The van der Waals surface area contributed by atoms with Gasteiger partial charge in [-0.05, 0) is 12.3 Å². The number of halogens is 4. The molecule has 28 heavy (non-hydrogen) atoms. The van der Waals surface area contributed by atoms with Crippen molar-refractivity contribution >= 4 is 5.97 Å². The number of ether oxygens (including phenoxy) is 1. The highest BCUT2D eigenvalue weighted by Gasteiger charge is 2.22. The second-order valence-corrected chi connectivity index (χ2v) is 7.79. The molecule has 0 spiro atoms. The Morgan fingerprint density at radius 1 is 0.821 bits per heavy atom. The van der Waals surface area contributed by atoms with E-state index in [1.54, 1.807) is 0 Å². The molecule has 6 heteroatoms. The van der Waals surface area contributed by atoms with Gasteiger partial charge in [0.2, 0.25) is 17.4 Å². The molecule has 0 N–H and O–H groups in total. The van der Waals surface area contributed by atoms with E-state index in [1.165, 1.54) is 57.8 Å². The minimum atomic E-state index is -1.69. The van der Waals surface area contributed by atoms with Gasteiger partial charge in [-0.25, -0.2) is 8.78 Å². The molecule has 1 fully saturated rings. The van der Waals surface area contributed by atoms with Crippen molar-refractivity contribution in [2.75, 3.05) is 0 Å². The van der Waals surface area contributed by atoms with Crippen molar-refractivity contribution in [2.45, 2.75) is 89.9 Å². The number of unbranched alkanes of at least 4 members (excludes halogenated alkanes) is 3. The Balaban J connectivity index is 1.64.